The Morgan fingerprint density at radius 1 is 1.05 bits per heavy atom. The van der Waals surface area contributed by atoms with Gasteiger partial charge in [-0.15, -0.1) is 0 Å². The third kappa shape index (κ3) is 1.72. The van der Waals surface area contributed by atoms with Gasteiger partial charge >= 0.3 is 0 Å². The summed E-state index contributed by atoms with van der Waals surface area (Å²) in [5.41, 5.74) is 3.13. The molecule has 0 fully saturated rings. The summed E-state index contributed by atoms with van der Waals surface area (Å²) in [6, 6.07) is 6.29. The number of ether oxygens (including phenoxy) is 2. The molecule has 22 heavy (non-hydrogen) atoms. The van der Waals surface area contributed by atoms with Crippen LogP contribution in [0, 0.1) is 6.92 Å². The molecule has 2 aliphatic heterocycles. The van der Waals surface area contributed by atoms with Crippen LogP contribution >= 0.6 is 0 Å². The molecule has 1 atom stereocenters. The molecule has 2 aromatic rings. The maximum atomic E-state index is 9.80. The summed E-state index contributed by atoms with van der Waals surface area (Å²) in [4.78, 5) is 0. The Hall–Kier alpha value is -2.82. The second-order valence-electron chi connectivity index (χ2n) is 5.48. The fraction of sp³-hybridized carbons (Fsp3) is 0.176. The average molecular weight is 298 g/mol. The number of hydrogen-bond donors (Lipinski definition) is 3. The van der Waals surface area contributed by atoms with Gasteiger partial charge in [0.25, 0.3) is 0 Å². The SMILES string of the molecule is Cc1c(O)ccc2c1OC1COc3cc(O)c(O)cc3C1=C2. The van der Waals surface area contributed by atoms with Crippen molar-refractivity contribution in [3.05, 3.63) is 41.0 Å². The lowest BCUT2D eigenvalue weighted by molar-refractivity contribution is 0.157. The number of aromatic hydroxyl groups is 3. The van der Waals surface area contributed by atoms with Crippen molar-refractivity contribution in [2.45, 2.75) is 13.0 Å². The molecule has 0 saturated heterocycles. The van der Waals surface area contributed by atoms with Crippen LogP contribution in [0.5, 0.6) is 28.7 Å². The van der Waals surface area contributed by atoms with Gasteiger partial charge in [0.05, 0.1) is 0 Å². The molecule has 112 valence electrons. The molecule has 5 heteroatoms. The molecule has 4 rings (SSSR count). The summed E-state index contributed by atoms with van der Waals surface area (Å²) in [5, 5.41) is 29.1. The van der Waals surface area contributed by atoms with Crippen LogP contribution in [-0.4, -0.2) is 28.0 Å². The Bertz CT molecular complexity index is 822. The fourth-order valence-corrected chi connectivity index (χ4v) is 2.88. The van der Waals surface area contributed by atoms with Crippen LogP contribution in [-0.2, 0) is 0 Å². The monoisotopic (exact) mass is 298 g/mol. The smallest absolute Gasteiger partial charge is 0.161 e. The standard InChI is InChI=1S/C17H14O5/c1-8-12(18)3-2-9-4-10-11-5-13(19)14(20)6-15(11)21-7-16(10)22-17(8)9/h2-6,16,18-20H,7H2,1H3. The van der Waals surface area contributed by atoms with Crippen LogP contribution in [0.25, 0.3) is 11.6 Å². The minimum absolute atomic E-state index is 0.190. The zero-order valence-electron chi connectivity index (χ0n) is 11.8. The Labute approximate surface area is 126 Å². The highest BCUT2D eigenvalue weighted by Crippen LogP contribution is 2.46. The minimum Gasteiger partial charge on any atom is -0.508 e. The topological polar surface area (TPSA) is 79.2 Å². The molecule has 2 aromatic carbocycles. The number of rotatable bonds is 0. The zero-order chi connectivity index (χ0) is 15.4. The van der Waals surface area contributed by atoms with Gasteiger partial charge in [-0.1, -0.05) is 0 Å². The molecule has 5 nitrogen and oxygen atoms in total. The third-order valence-electron chi connectivity index (χ3n) is 4.10. The Balaban J connectivity index is 1.91. The van der Waals surface area contributed by atoms with Crippen molar-refractivity contribution in [3.8, 4) is 28.7 Å². The lowest BCUT2D eigenvalue weighted by Gasteiger charge is -2.33. The van der Waals surface area contributed by atoms with Gasteiger partial charge in [0, 0.05) is 28.3 Å². The van der Waals surface area contributed by atoms with Crippen LogP contribution < -0.4 is 9.47 Å². The Morgan fingerprint density at radius 3 is 2.64 bits per heavy atom. The van der Waals surface area contributed by atoms with E-state index in [-0.39, 0.29) is 23.4 Å². The van der Waals surface area contributed by atoms with E-state index < -0.39 is 0 Å². The Kier molecular flexibility index (Phi) is 2.54. The maximum Gasteiger partial charge on any atom is 0.161 e. The molecule has 0 amide bonds. The molecule has 0 aromatic heterocycles. The predicted molar refractivity (Wildman–Crippen MR) is 80.4 cm³/mol. The van der Waals surface area contributed by atoms with Crippen molar-refractivity contribution in [1.29, 1.82) is 0 Å². The molecule has 3 N–H and O–H groups in total. The Morgan fingerprint density at radius 2 is 1.82 bits per heavy atom. The summed E-state index contributed by atoms with van der Waals surface area (Å²) < 4.78 is 11.6. The van der Waals surface area contributed by atoms with Crippen LogP contribution in [0.3, 0.4) is 0 Å². The van der Waals surface area contributed by atoms with E-state index >= 15 is 0 Å². The number of phenolic OH excluding ortho intramolecular Hbond substituents is 3. The molecular formula is C17H14O5. The van der Waals surface area contributed by atoms with E-state index in [2.05, 4.69) is 0 Å². The average Bonchev–Trinajstić information content (AvgIpc) is 2.51. The number of benzene rings is 2. The first kappa shape index (κ1) is 12.9. The molecule has 1 unspecified atom stereocenters. The molecule has 0 saturated carbocycles. The summed E-state index contributed by atoms with van der Waals surface area (Å²) in [7, 11) is 0. The van der Waals surface area contributed by atoms with E-state index in [1.54, 1.807) is 19.1 Å². The molecular weight excluding hydrogens is 284 g/mol. The predicted octanol–water partition coefficient (Wildman–Crippen LogP) is 2.81. The third-order valence-corrected chi connectivity index (χ3v) is 4.10. The van der Waals surface area contributed by atoms with E-state index in [0.717, 1.165) is 11.1 Å². The summed E-state index contributed by atoms with van der Waals surface area (Å²) in [6.45, 7) is 2.10. The quantitative estimate of drug-likeness (QED) is 0.652. The van der Waals surface area contributed by atoms with Crippen LogP contribution in [0.2, 0.25) is 0 Å². The molecule has 2 aliphatic rings. The van der Waals surface area contributed by atoms with E-state index in [1.807, 2.05) is 6.08 Å². The van der Waals surface area contributed by atoms with Gasteiger partial charge in [-0.25, -0.2) is 0 Å². The highest BCUT2D eigenvalue weighted by atomic mass is 16.5. The lowest BCUT2D eigenvalue weighted by Crippen LogP contribution is -2.32. The minimum atomic E-state index is -0.315. The van der Waals surface area contributed by atoms with E-state index in [4.69, 9.17) is 9.47 Å². The summed E-state index contributed by atoms with van der Waals surface area (Å²) >= 11 is 0. The fourth-order valence-electron chi connectivity index (χ4n) is 2.88. The first-order valence-electron chi connectivity index (χ1n) is 6.94. The lowest BCUT2D eigenvalue weighted by atomic mass is 9.91. The second kappa shape index (κ2) is 4.34. The van der Waals surface area contributed by atoms with Gasteiger partial charge in [0.15, 0.2) is 17.6 Å². The molecule has 0 spiro atoms. The van der Waals surface area contributed by atoms with Crippen molar-refractivity contribution in [3.63, 3.8) is 0 Å². The van der Waals surface area contributed by atoms with E-state index in [1.165, 1.54) is 12.1 Å². The normalized spacial score (nSPS) is 18.2. The molecule has 0 radical (unpaired) electrons. The van der Waals surface area contributed by atoms with Gasteiger partial charge in [0.1, 0.15) is 23.9 Å². The van der Waals surface area contributed by atoms with Gasteiger partial charge in [0.2, 0.25) is 0 Å². The van der Waals surface area contributed by atoms with Crippen molar-refractivity contribution >= 4 is 11.6 Å². The van der Waals surface area contributed by atoms with Gasteiger partial charge in [-0.2, -0.15) is 0 Å². The van der Waals surface area contributed by atoms with E-state index in [9.17, 15) is 15.3 Å². The van der Waals surface area contributed by atoms with Gasteiger partial charge < -0.3 is 24.8 Å². The first-order valence-corrected chi connectivity index (χ1v) is 6.94. The van der Waals surface area contributed by atoms with Crippen molar-refractivity contribution in [1.82, 2.24) is 0 Å². The second-order valence-corrected chi connectivity index (χ2v) is 5.48. The zero-order valence-corrected chi connectivity index (χ0v) is 11.8. The summed E-state index contributed by atoms with van der Waals surface area (Å²) in [5.74, 6) is 0.937. The molecule has 0 aliphatic carbocycles. The van der Waals surface area contributed by atoms with Crippen molar-refractivity contribution < 1.29 is 24.8 Å². The van der Waals surface area contributed by atoms with E-state index in [0.29, 0.717) is 29.2 Å². The maximum absolute atomic E-state index is 9.80. The number of phenols is 3. The highest BCUT2D eigenvalue weighted by Gasteiger charge is 2.32. The van der Waals surface area contributed by atoms with Crippen molar-refractivity contribution in [2.24, 2.45) is 0 Å². The van der Waals surface area contributed by atoms with Gasteiger partial charge in [-0.05, 0) is 31.2 Å². The molecule has 2 heterocycles. The van der Waals surface area contributed by atoms with Crippen LogP contribution in [0.4, 0.5) is 0 Å². The first-order chi connectivity index (χ1) is 10.5. The largest absolute Gasteiger partial charge is 0.508 e. The highest BCUT2D eigenvalue weighted by molar-refractivity contribution is 5.91. The van der Waals surface area contributed by atoms with Gasteiger partial charge in [-0.3, -0.25) is 0 Å². The number of hydrogen-bond acceptors (Lipinski definition) is 5. The van der Waals surface area contributed by atoms with Crippen molar-refractivity contribution in [2.75, 3.05) is 6.61 Å². The van der Waals surface area contributed by atoms with Crippen LogP contribution in [0.1, 0.15) is 16.7 Å². The summed E-state index contributed by atoms with van der Waals surface area (Å²) in [6.07, 6.45) is 1.65. The van der Waals surface area contributed by atoms with Crippen LogP contribution in [0.15, 0.2) is 24.3 Å². The number of fused-ring (bicyclic) bond motifs is 4. The molecule has 0 bridgehead atoms.